The van der Waals surface area contributed by atoms with Gasteiger partial charge in [0.25, 0.3) is 10.0 Å². The van der Waals surface area contributed by atoms with Crippen molar-refractivity contribution < 1.29 is 8.42 Å². The smallest absolute Gasteiger partial charge is 0.265 e. The lowest BCUT2D eigenvalue weighted by atomic mass is 10.2. The van der Waals surface area contributed by atoms with Crippen LogP contribution in [-0.2, 0) is 17.1 Å². The molecule has 0 aliphatic carbocycles. The summed E-state index contributed by atoms with van der Waals surface area (Å²) in [5, 5.41) is 4.68. The fourth-order valence-electron chi connectivity index (χ4n) is 2.24. The molecule has 0 aliphatic heterocycles. The van der Waals surface area contributed by atoms with E-state index in [9.17, 15) is 8.42 Å². The molecule has 0 amide bonds. The van der Waals surface area contributed by atoms with Crippen LogP contribution in [0.4, 0.5) is 5.69 Å². The highest BCUT2D eigenvalue weighted by Crippen LogP contribution is 2.33. The minimum atomic E-state index is -3.89. The van der Waals surface area contributed by atoms with Gasteiger partial charge in [0, 0.05) is 18.8 Å². The number of hydrogen-bond donors (Lipinski definition) is 1. The first-order valence-corrected chi connectivity index (χ1v) is 9.18. The maximum Gasteiger partial charge on any atom is 0.265 e. The molecule has 8 heteroatoms. The highest BCUT2D eigenvalue weighted by molar-refractivity contribution is 7.92. The molecule has 0 unspecified atom stereocenters. The van der Waals surface area contributed by atoms with Gasteiger partial charge in [-0.15, -0.1) is 0 Å². The van der Waals surface area contributed by atoms with E-state index >= 15 is 0 Å². The lowest BCUT2D eigenvalue weighted by Crippen LogP contribution is -2.13. The van der Waals surface area contributed by atoms with Crippen molar-refractivity contribution >= 4 is 38.9 Å². The van der Waals surface area contributed by atoms with Gasteiger partial charge in [0.2, 0.25) is 0 Å². The molecule has 1 aromatic heterocycles. The number of benzene rings is 2. The molecular weight excluding hydrogens is 369 g/mol. The van der Waals surface area contributed by atoms with Gasteiger partial charge in [0.1, 0.15) is 10.6 Å². The van der Waals surface area contributed by atoms with E-state index in [0.717, 1.165) is 0 Å². The number of nitrogens with zero attached hydrogens (tertiary/aromatic N) is 2. The largest absolute Gasteiger partial charge is 0.278 e. The van der Waals surface area contributed by atoms with Crippen molar-refractivity contribution in [2.24, 2.45) is 7.05 Å². The number of hydrogen-bond acceptors (Lipinski definition) is 3. The summed E-state index contributed by atoms with van der Waals surface area (Å²) < 4.78 is 29.5. The van der Waals surface area contributed by atoms with E-state index in [1.807, 2.05) is 18.2 Å². The highest BCUT2D eigenvalue weighted by atomic mass is 35.5. The van der Waals surface area contributed by atoms with E-state index in [1.165, 1.54) is 10.9 Å². The summed E-state index contributed by atoms with van der Waals surface area (Å²) >= 11 is 12.0. The summed E-state index contributed by atoms with van der Waals surface area (Å²) in [5.41, 5.74) is 1.28. The van der Waals surface area contributed by atoms with Crippen LogP contribution in [0.3, 0.4) is 0 Å². The van der Waals surface area contributed by atoms with E-state index in [1.54, 1.807) is 37.4 Å². The topological polar surface area (TPSA) is 64.0 Å². The number of sulfonamides is 1. The molecule has 1 N–H and O–H groups in total. The zero-order valence-electron chi connectivity index (χ0n) is 12.6. The van der Waals surface area contributed by atoms with Gasteiger partial charge in [-0.1, -0.05) is 59.6 Å². The number of halogens is 2. The van der Waals surface area contributed by atoms with E-state index in [-0.39, 0.29) is 20.6 Å². The number of aryl methyl sites for hydroxylation is 1. The predicted octanol–water partition coefficient (Wildman–Crippen LogP) is 4.19. The maximum atomic E-state index is 12.8. The van der Waals surface area contributed by atoms with Gasteiger partial charge in [-0.3, -0.25) is 9.40 Å². The Hall–Kier alpha value is -2.02. The Morgan fingerprint density at radius 3 is 2.46 bits per heavy atom. The molecule has 0 bridgehead atoms. The Kier molecular flexibility index (Phi) is 4.54. The lowest BCUT2D eigenvalue weighted by molar-refractivity contribution is 0.601. The molecule has 0 fully saturated rings. The quantitative estimate of drug-likeness (QED) is 0.736. The first-order chi connectivity index (χ1) is 11.4. The third-order valence-corrected chi connectivity index (χ3v) is 5.51. The second-order valence-corrected chi connectivity index (χ2v) is 7.52. The Labute approximate surface area is 149 Å². The van der Waals surface area contributed by atoms with Crippen LogP contribution < -0.4 is 4.72 Å². The maximum absolute atomic E-state index is 12.8. The Morgan fingerprint density at radius 2 is 1.75 bits per heavy atom. The average molecular weight is 382 g/mol. The zero-order chi connectivity index (χ0) is 17.3. The standard InChI is InChI=1S/C16H13Cl2N3O2S/c1-21-10-14(16(19-21)11-6-3-2-4-7-11)24(22,23)20-13-9-5-8-12(17)15(13)18/h2-10,20H,1H3. The first kappa shape index (κ1) is 16.8. The normalized spacial score (nSPS) is 11.5. The molecule has 0 spiro atoms. The van der Waals surface area contributed by atoms with Gasteiger partial charge in [-0.05, 0) is 12.1 Å². The fourth-order valence-corrected chi connectivity index (χ4v) is 3.92. The number of rotatable bonds is 4. The van der Waals surface area contributed by atoms with E-state index in [4.69, 9.17) is 23.2 Å². The summed E-state index contributed by atoms with van der Waals surface area (Å²) in [5.74, 6) is 0. The number of anilines is 1. The van der Waals surface area contributed by atoms with E-state index in [2.05, 4.69) is 9.82 Å². The van der Waals surface area contributed by atoms with E-state index in [0.29, 0.717) is 11.3 Å². The molecule has 0 atom stereocenters. The van der Waals surface area contributed by atoms with Crippen molar-refractivity contribution in [2.45, 2.75) is 4.90 Å². The van der Waals surface area contributed by atoms with Crippen LogP contribution in [0.25, 0.3) is 11.3 Å². The average Bonchev–Trinajstić information content (AvgIpc) is 2.95. The fraction of sp³-hybridized carbons (Fsp3) is 0.0625. The minimum absolute atomic E-state index is 0.0623. The van der Waals surface area contributed by atoms with Crippen LogP contribution in [0.15, 0.2) is 59.6 Å². The molecule has 24 heavy (non-hydrogen) atoms. The monoisotopic (exact) mass is 381 g/mol. The third kappa shape index (κ3) is 3.26. The Bertz CT molecular complexity index is 986. The zero-order valence-corrected chi connectivity index (χ0v) is 14.9. The number of aromatic nitrogens is 2. The van der Waals surface area contributed by atoms with Crippen molar-refractivity contribution in [1.29, 1.82) is 0 Å². The summed E-state index contributed by atoms with van der Waals surface area (Å²) in [6, 6.07) is 13.8. The molecule has 0 saturated heterocycles. The van der Waals surface area contributed by atoms with Crippen molar-refractivity contribution in [1.82, 2.24) is 9.78 Å². The Balaban J connectivity index is 2.07. The van der Waals surface area contributed by atoms with Crippen LogP contribution in [0.2, 0.25) is 10.0 Å². The van der Waals surface area contributed by atoms with Gasteiger partial charge in [0.05, 0.1) is 15.7 Å². The van der Waals surface area contributed by atoms with E-state index < -0.39 is 10.0 Å². The van der Waals surface area contributed by atoms with Crippen molar-refractivity contribution in [3.63, 3.8) is 0 Å². The van der Waals surface area contributed by atoms with Gasteiger partial charge in [-0.25, -0.2) is 8.42 Å². The SMILES string of the molecule is Cn1cc(S(=O)(=O)Nc2cccc(Cl)c2Cl)c(-c2ccccc2)n1. The molecule has 5 nitrogen and oxygen atoms in total. The second-order valence-electron chi connectivity index (χ2n) is 5.09. The van der Waals surface area contributed by atoms with Crippen LogP contribution in [0.1, 0.15) is 0 Å². The van der Waals surface area contributed by atoms with Crippen molar-refractivity contribution in [2.75, 3.05) is 4.72 Å². The number of nitrogens with one attached hydrogen (secondary N) is 1. The predicted molar refractivity (Wildman–Crippen MR) is 95.9 cm³/mol. The molecule has 124 valence electrons. The van der Waals surface area contributed by atoms with Crippen LogP contribution >= 0.6 is 23.2 Å². The molecule has 3 rings (SSSR count). The summed E-state index contributed by atoms with van der Waals surface area (Å²) in [7, 11) is -2.22. The minimum Gasteiger partial charge on any atom is -0.278 e. The van der Waals surface area contributed by atoms with Crippen molar-refractivity contribution in [3.8, 4) is 11.3 Å². The van der Waals surface area contributed by atoms with Gasteiger partial charge in [-0.2, -0.15) is 5.10 Å². The molecule has 1 heterocycles. The van der Waals surface area contributed by atoms with Crippen molar-refractivity contribution in [3.05, 3.63) is 64.8 Å². The summed E-state index contributed by atoms with van der Waals surface area (Å²) in [6.45, 7) is 0. The van der Waals surface area contributed by atoms with Gasteiger partial charge >= 0.3 is 0 Å². The van der Waals surface area contributed by atoms with Crippen LogP contribution in [-0.4, -0.2) is 18.2 Å². The van der Waals surface area contributed by atoms with Gasteiger partial charge < -0.3 is 0 Å². The summed E-state index contributed by atoms with van der Waals surface area (Å²) in [4.78, 5) is 0.0623. The molecule has 0 aliphatic rings. The van der Waals surface area contributed by atoms with Crippen LogP contribution in [0.5, 0.6) is 0 Å². The van der Waals surface area contributed by atoms with Gasteiger partial charge in [0.15, 0.2) is 0 Å². The first-order valence-electron chi connectivity index (χ1n) is 6.94. The summed E-state index contributed by atoms with van der Waals surface area (Å²) in [6.07, 6.45) is 1.45. The third-order valence-electron chi connectivity index (χ3n) is 3.33. The van der Waals surface area contributed by atoms with Crippen LogP contribution in [0, 0.1) is 0 Å². The molecular formula is C16H13Cl2N3O2S. The Morgan fingerprint density at radius 1 is 1.04 bits per heavy atom. The lowest BCUT2D eigenvalue weighted by Gasteiger charge is -2.10. The second kappa shape index (κ2) is 6.47. The molecule has 3 aromatic rings. The molecule has 0 saturated carbocycles. The highest BCUT2D eigenvalue weighted by Gasteiger charge is 2.24. The molecule has 2 aromatic carbocycles. The molecule has 0 radical (unpaired) electrons.